The normalized spacial score (nSPS) is 17.7. The topological polar surface area (TPSA) is 72.9 Å². The van der Waals surface area contributed by atoms with Gasteiger partial charge in [0, 0.05) is 75.2 Å². The quantitative estimate of drug-likeness (QED) is 0.695. The van der Waals surface area contributed by atoms with Crippen LogP contribution in [0.15, 0.2) is 30.3 Å². The molecule has 2 saturated heterocycles. The molecule has 2 fully saturated rings. The summed E-state index contributed by atoms with van der Waals surface area (Å²) in [5, 5.41) is 0. The number of nitrogens with zero attached hydrogens (tertiary/aromatic N) is 6. The van der Waals surface area contributed by atoms with E-state index in [1.54, 1.807) is 24.3 Å². The Labute approximate surface area is 183 Å². The summed E-state index contributed by atoms with van der Waals surface area (Å²) in [5.41, 5.74) is 2.19. The number of hydrogen-bond acceptors (Lipinski definition) is 7. The van der Waals surface area contributed by atoms with E-state index in [0.29, 0.717) is 37.3 Å². The van der Waals surface area contributed by atoms with Crippen LogP contribution in [0.5, 0.6) is 0 Å². The number of ketones is 1. The SMILES string of the molecule is CC(=O)c1ccc(C(=O)N2CCN(c3nc(C)cc(N4CCN(C)CC4)n3)CC2)cc1. The Kier molecular flexibility index (Phi) is 6.18. The van der Waals surface area contributed by atoms with Crippen molar-refractivity contribution in [2.24, 2.45) is 0 Å². The molecule has 0 saturated carbocycles. The number of benzene rings is 1. The fraction of sp³-hybridized carbons (Fsp3) is 0.478. The van der Waals surface area contributed by atoms with E-state index in [9.17, 15) is 9.59 Å². The summed E-state index contributed by atoms with van der Waals surface area (Å²) in [4.78, 5) is 42.5. The summed E-state index contributed by atoms with van der Waals surface area (Å²) in [5.74, 6) is 1.73. The van der Waals surface area contributed by atoms with Crippen LogP contribution in [0.2, 0.25) is 0 Å². The second-order valence-electron chi connectivity index (χ2n) is 8.37. The minimum atomic E-state index is -0.00182. The molecule has 1 aromatic carbocycles. The molecule has 2 aliphatic rings. The number of aromatic nitrogens is 2. The molecule has 0 spiro atoms. The number of anilines is 2. The maximum Gasteiger partial charge on any atom is 0.253 e. The standard InChI is InChI=1S/C23H30N6O2/c1-17-16-21(27-10-8-26(3)9-11-27)25-23(24-17)29-14-12-28(13-15-29)22(31)20-6-4-19(5-7-20)18(2)30/h4-7,16H,8-15H2,1-3H3. The van der Waals surface area contributed by atoms with E-state index in [2.05, 4.69) is 32.8 Å². The van der Waals surface area contributed by atoms with Gasteiger partial charge < -0.3 is 19.6 Å². The minimum Gasteiger partial charge on any atom is -0.354 e. The lowest BCUT2D eigenvalue weighted by Gasteiger charge is -2.36. The van der Waals surface area contributed by atoms with Crippen LogP contribution in [0, 0.1) is 6.92 Å². The van der Waals surface area contributed by atoms with E-state index >= 15 is 0 Å². The Morgan fingerprint density at radius 2 is 1.39 bits per heavy atom. The predicted octanol–water partition coefficient (Wildman–Crippen LogP) is 1.70. The number of Topliss-reactive ketones (excluding diaryl/α,β-unsaturated/α-hetero) is 1. The van der Waals surface area contributed by atoms with E-state index in [-0.39, 0.29) is 11.7 Å². The van der Waals surface area contributed by atoms with E-state index in [4.69, 9.17) is 4.98 Å². The number of amides is 1. The molecule has 1 amide bonds. The zero-order valence-corrected chi connectivity index (χ0v) is 18.5. The first-order chi connectivity index (χ1) is 14.9. The lowest BCUT2D eigenvalue weighted by atomic mass is 10.1. The first-order valence-corrected chi connectivity index (χ1v) is 10.8. The number of piperazine rings is 2. The first-order valence-electron chi connectivity index (χ1n) is 10.8. The van der Waals surface area contributed by atoms with E-state index < -0.39 is 0 Å². The third-order valence-electron chi connectivity index (χ3n) is 6.04. The van der Waals surface area contributed by atoms with Crippen LogP contribution >= 0.6 is 0 Å². The molecule has 3 heterocycles. The molecule has 4 rings (SSSR count). The van der Waals surface area contributed by atoms with Crippen LogP contribution in [0.25, 0.3) is 0 Å². The Morgan fingerprint density at radius 1 is 0.806 bits per heavy atom. The molecule has 0 unspecified atom stereocenters. The van der Waals surface area contributed by atoms with Crippen molar-refractivity contribution in [2.45, 2.75) is 13.8 Å². The van der Waals surface area contributed by atoms with Crippen LogP contribution in [-0.2, 0) is 0 Å². The maximum atomic E-state index is 12.8. The number of carbonyl (C=O) groups excluding carboxylic acids is 2. The van der Waals surface area contributed by atoms with E-state index in [0.717, 1.165) is 43.6 Å². The van der Waals surface area contributed by atoms with Crippen molar-refractivity contribution in [3.63, 3.8) is 0 Å². The zero-order chi connectivity index (χ0) is 22.0. The molecule has 2 aliphatic heterocycles. The van der Waals surface area contributed by atoms with Crippen molar-refractivity contribution in [3.05, 3.63) is 47.2 Å². The predicted molar refractivity (Wildman–Crippen MR) is 121 cm³/mol. The highest BCUT2D eigenvalue weighted by Gasteiger charge is 2.25. The Balaban J connectivity index is 1.40. The minimum absolute atomic E-state index is 0.00158. The van der Waals surface area contributed by atoms with Crippen LogP contribution in [-0.4, -0.2) is 90.9 Å². The summed E-state index contributed by atoms with van der Waals surface area (Å²) in [6.07, 6.45) is 0. The highest BCUT2D eigenvalue weighted by Crippen LogP contribution is 2.20. The molecule has 8 nitrogen and oxygen atoms in total. The van der Waals surface area contributed by atoms with Gasteiger partial charge in [0.2, 0.25) is 5.95 Å². The highest BCUT2D eigenvalue weighted by molar-refractivity contribution is 5.97. The smallest absolute Gasteiger partial charge is 0.253 e. The van der Waals surface area contributed by atoms with Crippen molar-refractivity contribution >= 4 is 23.5 Å². The number of aryl methyl sites for hydroxylation is 1. The van der Waals surface area contributed by atoms with Crippen LogP contribution in [0.1, 0.15) is 33.3 Å². The molecule has 8 heteroatoms. The molecule has 1 aromatic heterocycles. The maximum absolute atomic E-state index is 12.8. The van der Waals surface area contributed by atoms with Crippen molar-refractivity contribution in [2.75, 3.05) is 69.2 Å². The van der Waals surface area contributed by atoms with Gasteiger partial charge in [-0.1, -0.05) is 12.1 Å². The van der Waals surface area contributed by atoms with Gasteiger partial charge in [0.05, 0.1) is 0 Å². The summed E-state index contributed by atoms with van der Waals surface area (Å²) in [6.45, 7) is 10.2. The third kappa shape index (κ3) is 4.85. The van der Waals surface area contributed by atoms with Gasteiger partial charge in [-0.2, -0.15) is 4.98 Å². The highest BCUT2D eigenvalue weighted by atomic mass is 16.2. The first kappa shape index (κ1) is 21.2. The van der Waals surface area contributed by atoms with Crippen molar-refractivity contribution in [3.8, 4) is 0 Å². The van der Waals surface area contributed by atoms with Crippen molar-refractivity contribution in [1.82, 2.24) is 19.8 Å². The van der Waals surface area contributed by atoms with Gasteiger partial charge in [-0.25, -0.2) is 4.98 Å². The van der Waals surface area contributed by atoms with E-state index in [1.165, 1.54) is 6.92 Å². The van der Waals surface area contributed by atoms with Crippen molar-refractivity contribution < 1.29 is 9.59 Å². The number of hydrogen-bond donors (Lipinski definition) is 0. The van der Waals surface area contributed by atoms with Gasteiger partial charge in [0.25, 0.3) is 5.91 Å². The summed E-state index contributed by atoms with van der Waals surface area (Å²) >= 11 is 0. The summed E-state index contributed by atoms with van der Waals surface area (Å²) in [6, 6.07) is 8.95. The van der Waals surface area contributed by atoms with Gasteiger partial charge in [-0.15, -0.1) is 0 Å². The van der Waals surface area contributed by atoms with Gasteiger partial charge in [-0.3, -0.25) is 9.59 Å². The summed E-state index contributed by atoms with van der Waals surface area (Å²) in [7, 11) is 2.15. The molecule has 0 bridgehead atoms. The average molecular weight is 423 g/mol. The zero-order valence-electron chi connectivity index (χ0n) is 18.5. The number of likely N-dealkylation sites (N-methyl/N-ethyl adjacent to an activating group) is 1. The Hall–Kier alpha value is -3.00. The van der Waals surface area contributed by atoms with Gasteiger partial charge >= 0.3 is 0 Å². The molecule has 0 radical (unpaired) electrons. The van der Waals surface area contributed by atoms with Crippen molar-refractivity contribution in [1.29, 1.82) is 0 Å². The van der Waals surface area contributed by atoms with Crippen LogP contribution < -0.4 is 9.80 Å². The van der Waals surface area contributed by atoms with Gasteiger partial charge in [0.15, 0.2) is 5.78 Å². The molecular weight excluding hydrogens is 392 g/mol. The Morgan fingerprint density at radius 3 is 2.00 bits per heavy atom. The third-order valence-corrected chi connectivity index (χ3v) is 6.04. The Bertz CT molecular complexity index is 945. The molecule has 31 heavy (non-hydrogen) atoms. The van der Waals surface area contributed by atoms with Crippen LogP contribution in [0.4, 0.5) is 11.8 Å². The fourth-order valence-corrected chi connectivity index (χ4v) is 4.02. The molecule has 0 N–H and O–H groups in total. The van der Waals surface area contributed by atoms with Crippen LogP contribution in [0.3, 0.4) is 0 Å². The molecule has 2 aromatic rings. The summed E-state index contributed by atoms with van der Waals surface area (Å²) < 4.78 is 0. The molecule has 0 aliphatic carbocycles. The lowest BCUT2D eigenvalue weighted by Crippen LogP contribution is -2.49. The second-order valence-corrected chi connectivity index (χ2v) is 8.37. The average Bonchev–Trinajstić information content (AvgIpc) is 2.79. The molecule has 0 atom stereocenters. The van der Waals surface area contributed by atoms with Gasteiger partial charge in [0.1, 0.15) is 5.82 Å². The fourth-order valence-electron chi connectivity index (χ4n) is 4.02. The molecule has 164 valence electrons. The lowest BCUT2D eigenvalue weighted by molar-refractivity contribution is 0.0745. The number of carbonyl (C=O) groups is 2. The number of rotatable bonds is 4. The monoisotopic (exact) mass is 422 g/mol. The second kappa shape index (κ2) is 9.01. The molecular formula is C23H30N6O2. The van der Waals surface area contributed by atoms with Gasteiger partial charge in [-0.05, 0) is 33.0 Å². The van der Waals surface area contributed by atoms with E-state index in [1.807, 2.05) is 11.8 Å². The largest absolute Gasteiger partial charge is 0.354 e.